The normalized spacial score (nSPS) is 21.7. The highest BCUT2D eigenvalue weighted by Crippen LogP contribution is 2.40. The van der Waals surface area contributed by atoms with Crippen LogP contribution in [0, 0.1) is 5.92 Å². The third kappa shape index (κ3) is 5.12. The molecule has 0 spiro atoms. The monoisotopic (exact) mass is 422 g/mol. The van der Waals surface area contributed by atoms with Crippen molar-refractivity contribution >= 4 is 37.4 Å². The van der Waals surface area contributed by atoms with Gasteiger partial charge in [-0.25, -0.2) is 0 Å². The van der Waals surface area contributed by atoms with Gasteiger partial charge in [0.2, 0.25) is 0 Å². The second kappa shape index (κ2) is 8.76. The van der Waals surface area contributed by atoms with Gasteiger partial charge in [-0.3, -0.25) is 9.59 Å². The first kappa shape index (κ1) is 23.7. The number of carbonyl (C=O) groups is 2. The van der Waals surface area contributed by atoms with Crippen molar-refractivity contribution in [3.05, 3.63) is 0 Å². The predicted molar refractivity (Wildman–Crippen MR) is 106 cm³/mol. The van der Waals surface area contributed by atoms with Crippen LogP contribution < -0.4 is 0 Å². The lowest BCUT2D eigenvalue weighted by Crippen LogP contribution is -2.59. The summed E-state index contributed by atoms with van der Waals surface area (Å²) in [7, 11) is -2.32. The molecule has 0 radical (unpaired) electrons. The Kier molecular flexibility index (Phi) is 7.97. The second-order valence-electron chi connectivity index (χ2n) is 8.08. The van der Waals surface area contributed by atoms with Crippen LogP contribution in [0.4, 0.5) is 0 Å². The van der Waals surface area contributed by atoms with Crippen LogP contribution in [-0.2, 0) is 31.7 Å². The largest absolute Gasteiger partial charge is 0.502 e. The zero-order chi connectivity index (χ0) is 20.3. The van der Waals surface area contributed by atoms with Crippen LogP contribution in [0.2, 0.25) is 36.9 Å². The molecule has 0 aromatic carbocycles. The maximum absolute atomic E-state index is 11.8. The first-order chi connectivity index (χ1) is 11.8. The lowest BCUT2D eigenvalue weighted by atomic mass is 10.0. The van der Waals surface area contributed by atoms with Gasteiger partial charge in [-0.05, 0) is 38.2 Å². The topological polar surface area (TPSA) is 80.3 Å². The van der Waals surface area contributed by atoms with Gasteiger partial charge in [0.05, 0.1) is 12.3 Å². The number of ether oxygens (including phenoxy) is 1. The molecule has 3 atom stereocenters. The Morgan fingerprint density at radius 3 is 1.88 bits per heavy atom. The molecule has 0 bridgehead atoms. The highest BCUT2D eigenvalue weighted by molar-refractivity contribution is 6.93. The van der Waals surface area contributed by atoms with Crippen molar-refractivity contribution in [2.24, 2.45) is 5.92 Å². The number of esters is 2. The van der Waals surface area contributed by atoms with E-state index in [-0.39, 0.29) is 23.0 Å². The summed E-state index contributed by atoms with van der Waals surface area (Å²) in [6, 6.07) is 0. The number of carbonyl (C=O) groups excluding carboxylic acids is 2. The van der Waals surface area contributed by atoms with Crippen LogP contribution in [0.1, 0.15) is 26.7 Å². The van der Waals surface area contributed by atoms with Crippen LogP contribution in [0.25, 0.3) is 0 Å². The minimum atomic E-state index is -2.81. The van der Waals surface area contributed by atoms with E-state index >= 15 is 0 Å². The van der Waals surface area contributed by atoms with E-state index in [9.17, 15) is 9.59 Å². The Bertz CT molecular complexity index is 512. The molecule has 1 aliphatic rings. The minimum absolute atomic E-state index is 0.0481. The summed E-state index contributed by atoms with van der Waals surface area (Å²) < 4.78 is 28.4. The van der Waals surface area contributed by atoms with Crippen LogP contribution in [0.3, 0.4) is 0 Å². The summed E-state index contributed by atoms with van der Waals surface area (Å²) in [5, 5.41) is 0.0481. The maximum Gasteiger partial charge on any atom is 0.502 e. The molecular formula is C16H34O7Si3. The Hall–Kier alpha value is -0.369. The predicted octanol–water partition coefficient (Wildman–Crippen LogP) is 3.09. The first-order valence-electron chi connectivity index (χ1n) is 8.95. The highest BCUT2D eigenvalue weighted by atomic mass is 28.5. The molecule has 1 heterocycles. The van der Waals surface area contributed by atoms with E-state index in [0.717, 1.165) is 0 Å². The average Bonchev–Trinajstić information content (AvgIpc) is 2.86. The Morgan fingerprint density at radius 1 is 1.00 bits per heavy atom. The molecule has 0 aromatic rings. The fourth-order valence-corrected chi connectivity index (χ4v) is 17.8. The van der Waals surface area contributed by atoms with Crippen molar-refractivity contribution in [1.29, 1.82) is 0 Å². The molecule has 1 aliphatic heterocycles. The van der Waals surface area contributed by atoms with Crippen molar-refractivity contribution < 1.29 is 31.7 Å². The Balaban J connectivity index is 2.88. The van der Waals surface area contributed by atoms with E-state index in [4.69, 9.17) is 17.4 Å². The molecule has 0 aliphatic carbocycles. The standard InChI is InChI=1S/C16H34O7Si3/c1-12(10-14-11-15(17)22-16(14)18)24(6,7)23-25(8,9)13(2)26(19-3,20-4)21-5/h12-14H,10-11H2,1-9H3. The van der Waals surface area contributed by atoms with Crippen LogP contribution >= 0.6 is 0 Å². The summed E-state index contributed by atoms with van der Waals surface area (Å²) >= 11 is 0. The lowest BCUT2D eigenvalue weighted by molar-refractivity contribution is -0.153. The van der Waals surface area contributed by atoms with Gasteiger partial charge in [0.1, 0.15) is 0 Å². The van der Waals surface area contributed by atoms with E-state index in [1.165, 1.54) is 0 Å². The smallest absolute Gasteiger partial charge is 0.455 e. The van der Waals surface area contributed by atoms with Crippen molar-refractivity contribution in [3.63, 3.8) is 0 Å². The molecule has 1 saturated heterocycles. The van der Waals surface area contributed by atoms with Gasteiger partial charge in [-0.2, -0.15) is 0 Å². The molecule has 1 rings (SSSR count). The molecule has 0 aromatic heterocycles. The van der Waals surface area contributed by atoms with Crippen LogP contribution in [0.5, 0.6) is 0 Å². The zero-order valence-corrected chi connectivity index (χ0v) is 20.5. The first-order valence-corrected chi connectivity index (χ1v) is 16.7. The Labute approximate surface area is 160 Å². The summed E-state index contributed by atoms with van der Waals surface area (Å²) in [6.07, 6.45) is 0.794. The van der Waals surface area contributed by atoms with Gasteiger partial charge in [-0.1, -0.05) is 13.8 Å². The molecule has 26 heavy (non-hydrogen) atoms. The third-order valence-corrected chi connectivity index (χ3v) is 20.6. The van der Waals surface area contributed by atoms with Crippen molar-refractivity contribution in [2.45, 2.75) is 63.6 Å². The van der Waals surface area contributed by atoms with Crippen LogP contribution in [-0.4, -0.2) is 58.7 Å². The Morgan fingerprint density at radius 2 is 1.50 bits per heavy atom. The van der Waals surface area contributed by atoms with Crippen LogP contribution in [0.15, 0.2) is 0 Å². The molecular weight excluding hydrogens is 388 g/mol. The summed E-state index contributed by atoms with van der Waals surface area (Å²) in [4.78, 5) is 23.1. The number of cyclic esters (lactones) is 2. The highest BCUT2D eigenvalue weighted by Gasteiger charge is 2.55. The number of hydrogen-bond acceptors (Lipinski definition) is 7. The third-order valence-electron chi connectivity index (χ3n) is 5.74. The van der Waals surface area contributed by atoms with E-state index < -0.39 is 37.4 Å². The molecule has 3 unspecified atom stereocenters. The van der Waals surface area contributed by atoms with Crippen molar-refractivity contribution in [3.8, 4) is 0 Å². The molecule has 152 valence electrons. The summed E-state index contributed by atoms with van der Waals surface area (Å²) in [5.41, 5.74) is 0.202. The van der Waals surface area contributed by atoms with E-state index in [1.54, 1.807) is 21.3 Å². The van der Waals surface area contributed by atoms with Crippen molar-refractivity contribution in [1.82, 2.24) is 0 Å². The fourth-order valence-electron chi connectivity index (χ4n) is 3.48. The summed E-state index contributed by atoms with van der Waals surface area (Å²) in [5.74, 6) is -1.17. The molecule has 0 saturated carbocycles. The average molecular weight is 423 g/mol. The second-order valence-corrected chi connectivity index (χ2v) is 21.0. The molecule has 10 heteroatoms. The lowest BCUT2D eigenvalue weighted by Gasteiger charge is -2.44. The molecule has 0 N–H and O–H groups in total. The molecule has 0 amide bonds. The van der Waals surface area contributed by atoms with E-state index in [0.29, 0.717) is 6.42 Å². The van der Waals surface area contributed by atoms with Crippen molar-refractivity contribution in [2.75, 3.05) is 21.3 Å². The molecule has 7 nitrogen and oxygen atoms in total. The van der Waals surface area contributed by atoms with E-state index in [2.05, 4.69) is 44.8 Å². The van der Waals surface area contributed by atoms with E-state index in [1.807, 2.05) is 0 Å². The SMILES string of the molecule is CO[Si](OC)(OC)C(C)[Si](C)(C)O[Si](C)(C)C(C)CC1CC(=O)OC1=O. The minimum Gasteiger partial charge on any atom is -0.455 e. The fraction of sp³-hybridized carbons (Fsp3) is 0.875. The number of hydrogen-bond donors (Lipinski definition) is 0. The number of rotatable bonds is 10. The zero-order valence-electron chi connectivity index (χ0n) is 17.5. The summed E-state index contributed by atoms with van der Waals surface area (Å²) in [6.45, 7) is 12.8. The van der Waals surface area contributed by atoms with Gasteiger partial charge in [-0.15, -0.1) is 0 Å². The van der Waals surface area contributed by atoms with Gasteiger partial charge < -0.3 is 22.1 Å². The molecule has 1 fully saturated rings. The van der Waals surface area contributed by atoms with Gasteiger partial charge in [0, 0.05) is 26.5 Å². The van der Waals surface area contributed by atoms with Gasteiger partial charge in [0.25, 0.3) is 0 Å². The van der Waals surface area contributed by atoms with Gasteiger partial charge in [0.15, 0.2) is 16.6 Å². The quantitative estimate of drug-likeness (QED) is 0.304. The van der Waals surface area contributed by atoms with Gasteiger partial charge >= 0.3 is 20.7 Å². The maximum atomic E-state index is 11.8.